The van der Waals surface area contributed by atoms with Crippen LogP contribution in [0.4, 0.5) is 0 Å². The van der Waals surface area contributed by atoms with Crippen molar-refractivity contribution in [3.8, 4) is 0 Å². The van der Waals surface area contributed by atoms with Gasteiger partial charge in [0.1, 0.15) is 0 Å². The minimum atomic E-state index is 0.661. The second-order valence-electron chi connectivity index (χ2n) is 4.88. The third-order valence-corrected chi connectivity index (χ3v) is 3.03. The van der Waals surface area contributed by atoms with Crippen molar-refractivity contribution >= 4 is 5.96 Å². The van der Waals surface area contributed by atoms with Gasteiger partial charge in [0.05, 0.1) is 13.2 Å². The highest BCUT2D eigenvalue weighted by molar-refractivity contribution is 5.79. The molecular formula is C14H29N3O2. The van der Waals surface area contributed by atoms with Crippen molar-refractivity contribution in [2.45, 2.75) is 32.6 Å². The number of nitrogens with zero attached hydrogens (tertiary/aromatic N) is 1. The van der Waals surface area contributed by atoms with Gasteiger partial charge in [0.2, 0.25) is 0 Å². The minimum Gasteiger partial charge on any atom is -0.382 e. The number of hydrogen-bond donors (Lipinski definition) is 2. The third-order valence-electron chi connectivity index (χ3n) is 3.03. The first-order valence-electron chi connectivity index (χ1n) is 7.45. The molecular weight excluding hydrogens is 242 g/mol. The van der Waals surface area contributed by atoms with E-state index in [1.807, 2.05) is 0 Å². The summed E-state index contributed by atoms with van der Waals surface area (Å²) in [5.74, 6) is 1.89. The van der Waals surface area contributed by atoms with E-state index in [1.165, 1.54) is 19.3 Å². The maximum absolute atomic E-state index is 5.40. The van der Waals surface area contributed by atoms with Crippen molar-refractivity contribution < 1.29 is 9.47 Å². The third kappa shape index (κ3) is 9.73. The maximum Gasteiger partial charge on any atom is 0.191 e. The second-order valence-corrected chi connectivity index (χ2v) is 4.88. The lowest BCUT2D eigenvalue weighted by molar-refractivity contribution is 0.0702. The van der Waals surface area contributed by atoms with Crippen LogP contribution in [0.3, 0.4) is 0 Å². The van der Waals surface area contributed by atoms with Crippen molar-refractivity contribution in [2.24, 2.45) is 10.9 Å². The minimum absolute atomic E-state index is 0.661. The Balaban J connectivity index is 2.01. The first kappa shape index (κ1) is 16.2. The van der Waals surface area contributed by atoms with Gasteiger partial charge in [-0.15, -0.1) is 0 Å². The predicted octanol–water partition coefficient (Wildman–Crippen LogP) is 1.39. The molecule has 1 aliphatic rings. The summed E-state index contributed by atoms with van der Waals surface area (Å²) >= 11 is 0. The van der Waals surface area contributed by atoms with Crippen LogP contribution in [0.2, 0.25) is 0 Å². The molecule has 0 aromatic rings. The summed E-state index contributed by atoms with van der Waals surface area (Å²) in [5.41, 5.74) is 0. The van der Waals surface area contributed by atoms with Gasteiger partial charge >= 0.3 is 0 Å². The summed E-state index contributed by atoms with van der Waals surface area (Å²) in [4.78, 5) is 4.53. The quantitative estimate of drug-likeness (QED) is 0.339. The summed E-state index contributed by atoms with van der Waals surface area (Å²) < 4.78 is 10.3. The molecule has 0 radical (unpaired) electrons. The van der Waals surface area contributed by atoms with E-state index in [1.54, 1.807) is 7.11 Å². The molecule has 5 nitrogen and oxygen atoms in total. The highest BCUT2D eigenvalue weighted by atomic mass is 16.5. The molecule has 0 aromatic heterocycles. The van der Waals surface area contributed by atoms with Crippen LogP contribution >= 0.6 is 0 Å². The number of hydrogen-bond acceptors (Lipinski definition) is 3. The van der Waals surface area contributed by atoms with Gasteiger partial charge in [-0.25, -0.2) is 0 Å². The van der Waals surface area contributed by atoms with Gasteiger partial charge in [0, 0.05) is 33.4 Å². The van der Waals surface area contributed by atoms with Crippen LogP contribution in [-0.2, 0) is 9.47 Å². The summed E-state index contributed by atoms with van der Waals surface area (Å²) in [5, 5.41) is 6.65. The van der Waals surface area contributed by atoms with Gasteiger partial charge in [-0.3, -0.25) is 4.99 Å². The average molecular weight is 271 g/mol. The van der Waals surface area contributed by atoms with E-state index in [0.717, 1.165) is 44.5 Å². The average Bonchev–Trinajstić information content (AvgIpc) is 3.22. The number of aliphatic imine (C=N–C) groups is 1. The number of rotatable bonds is 11. The monoisotopic (exact) mass is 271 g/mol. The molecule has 19 heavy (non-hydrogen) atoms. The van der Waals surface area contributed by atoms with Crippen molar-refractivity contribution in [1.82, 2.24) is 10.6 Å². The molecule has 0 unspecified atom stereocenters. The van der Waals surface area contributed by atoms with Gasteiger partial charge in [-0.05, 0) is 25.7 Å². The largest absolute Gasteiger partial charge is 0.382 e. The van der Waals surface area contributed by atoms with Crippen molar-refractivity contribution in [1.29, 1.82) is 0 Å². The fourth-order valence-corrected chi connectivity index (χ4v) is 1.74. The molecule has 5 heteroatoms. The SMILES string of the molecule is CCNC(=NCCCOCCOC)NCCC1CC1. The molecule has 0 bridgehead atoms. The standard InChI is InChI=1S/C14H29N3O2/c1-3-15-14(17-9-7-13-5-6-13)16-8-4-10-19-12-11-18-2/h13H,3-12H2,1-2H3,(H2,15,16,17). The highest BCUT2D eigenvalue weighted by Crippen LogP contribution is 2.31. The molecule has 0 amide bonds. The molecule has 0 saturated heterocycles. The molecule has 0 spiro atoms. The maximum atomic E-state index is 5.40. The van der Waals surface area contributed by atoms with Crippen LogP contribution in [0, 0.1) is 5.92 Å². The summed E-state index contributed by atoms with van der Waals surface area (Å²) in [6.45, 7) is 6.89. The Morgan fingerprint density at radius 1 is 1.21 bits per heavy atom. The van der Waals surface area contributed by atoms with Crippen LogP contribution in [0.5, 0.6) is 0 Å². The summed E-state index contributed by atoms with van der Waals surface area (Å²) in [6.07, 6.45) is 5.04. The first-order chi connectivity index (χ1) is 9.36. The van der Waals surface area contributed by atoms with E-state index in [9.17, 15) is 0 Å². The second kappa shape index (κ2) is 11.1. The van der Waals surface area contributed by atoms with E-state index >= 15 is 0 Å². The molecule has 0 aliphatic heterocycles. The van der Waals surface area contributed by atoms with Crippen molar-refractivity contribution in [3.63, 3.8) is 0 Å². The zero-order chi connectivity index (χ0) is 13.8. The fraction of sp³-hybridized carbons (Fsp3) is 0.929. The van der Waals surface area contributed by atoms with Crippen LogP contribution in [0.15, 0.2) is 4.99 Å². The van der Waals surface area contributed by atoms with E-state index in [2.05, 4.69) is 22.5 Å². The molecule has 1 rings (SSSR count). The molecule has 2 N–H and O–H groups in total. The molecule has 1 fully saturated rings. The fourth-order valence-electron chi connectivity index (χ4n) is 1.74. The van der Waals surface area contributed by atoms with Crippen molar-refractivity contribution in [2.75, 3.05) is 46.6 Å². The molecule has 0 heterocycles. The normalized spacial score (nSPS) is 15.6. The van der Waals surface area contributed by atoms with Crippen LogP contribution in [-0.4, -0.2) is 52.5 Å². The lowest BCUT2D eigenvalue weighted by atomic mass is 10.3. The smallest absolute Gasteiger partial charge is 0.191 e. The van der Waals surface area contributed by atoms with E-state index in [4.69, 9.17) is 9.47 Å². The Morgan fingerprint density at radius 3 is 2.74 bits per heavy atom. The molecule has 0 aromatic carbocycles. The number of guanidine groups is 1. The van der Waals surface area contributed by atoms with Gasteiger partial charge in [0.15, 0.2) is 5.96 Å². The van der Waals surface area contributed by atoms with Gasteiger partial charge in [-0.2, -0.15) is 0 Å². The Kier molecular flexibility index (Phi) is 9.45. The van der Waals surface area contributed by atoms with Crippen LogP contribution in [0.1, 0.15) is 32.6 Å². The summed E-state index contributed by atoms with van der Waals surface area (Å²) in [7, 11) is 1.68. The lowest BCUT2D eigenvalue weighted by Gasteiger charge is -2.11. The predicted molar refractivity (Wildman–Crippen MR) is 78.6 cm³/mol. The van der Waals surface area contributed by atoms with E-state index in [0.29, 0.717) is 13.2 Å². The Hall–Kier alpha value is -0.810. The van der Waals surface area contributed by atoms with Gasteiger partial charge in [0.25, 0.3) is 0 Å². The first-order valence-corrected chi connectivity index (χ1v) is 7.45. The van der Waals surface area contributed by atoms with Crippen molar-refractivity contribution in [3.05, 3.63) is 0 Å². The summed E-state index contributed by atoms with van der Waals surface area (Å²) in [6, 6.07) is 0. The van der Waals surface area contributed by atoms with Crippen LogP contribution < -0.4 is 10.6 Å². The highest BCUT2D eigenvalue weighted by Gasteiger charge is 2.20. The zero-order valence-corrected chi connectivity index (χ0v) is 12.4. The lowest BCUT2D eigenvalue weighted by Crippen LogP contribution is -2.38. The molecule has 1 saturated carbocycles. The van der Waals surface area contributed by atoms with E-state index < -0.39 is 0 Å². The Labute approximate surface area is 117 Å². The van der Waals surface area contributed by atoms with E-state index in [-0.39, 0.29) is 0 Å². The number of nitrogens with one attached hydrogen (secondary N) is 2. The van der Waals surface area contributed by atoms with Crippen LogP contribution in [0.25, 0.3) is 0 Å². The molecule has 1 aliphatic carbocycles. The topological polar surface area (TPSA) is 54.9 Å². The van der Waals surface area contributed by atoms with Gasteiger partial charge in [-0.1, -0.05) is 12.8 Å². The number of methoxy groups -OCH3 is 1. The molecule has 0 atom stereocenters. The number of ether oxygens (including phenoxy) is 2. The van der Waals surface area contributed by atoms with Gasteiger partial charge < -0.3 is 20.1 Å². The zero-order valence-electron chi connectivity index (χ0n) is 12.4. The Morgan fingerprint density at radius 2 is 2.05 bits per heavy atom. The molecule has 112 valence electrons. The Bertz CT molecular complexity index is 243.